The number of hydrogen-bond acceptors (Lipinski definition) is 5. The fourth-order valence-electron chi connectivity index (χ4n) is 2.72. The summed E-state index contributed by atoms with van der Waals surface area (Å²) in [6.07, 6.45) is 0.105. The summed E-state index contributed by atoms with van der Waals surface area (Å²) in [4.78, 5) is 26.0. The van der Waals surface area contributed by atoms with Crippen molar-refractivity contribution in [2.75, 3.05) is 12.9 Å². The first-order valence-corrected chi connectivity index (χ1v) is 10.5. The largest absolute Gasteiger partial charge is 0.469 e. The molecule has 1 heterocycles. The Kier molecular flexibility index (Phi) is 6.77. The van der Waals surface area contributed by atoms with Gasteiger partial charge in [-0.2, -0.15) is 0 Å². The van der Waals surface area contributed by atoms with Crippen LogP contribution in [0.1, 0.15) is 17.3 Å². The van der Waals surface area contributed by atoms with Crippen LogP contribution in [0.15, 0.2) is 58.8 Å². The molecule has 1 amide bonds. The molecule has 1 aromatic heterocycles. The molecule has 0 saturated heterocycles. The van der Waals surface area contributed by atoms with E-state index in [4.69, 9.17) is 16.3 Å². The van der Waals surface area contributed by atoms with Crippen LogP contribution in [0, 0.1) is 0 Å². The molecule has 0 bridgehead atoms. The summed E-state index contributed by atoms with van der Waals surface area (Å²) in [5.74, 6) is -0.276. The van der Waals surface area contributed by atoms with Gasteiger partial charge in [-0.05, 0) is 29.0 Å². The molecule has 140 valence electrons. The minimum Gasteiger partial charge on any atom is -0.469 e. The topological polar surface area (TPSA) is 55.4 Å². The van der Waals surface area contributed by atoms with Crippen LogP contribution in [0.2, 0.25) is 5.02 Å². The van der Waals surface area contributed by atoms with Gasteiger partial charge in [0.15, 0.2) is 0 Å². The maximum absolute atomic E-state index is 12.5. The van der Waals surface area contributed by atoms with Gasteiger partial charge in [-0.3, -0.25) is 9.59 Å². The number of halogens is 1. The number of fused-ring (bicyclic) bond motifs is 1. The third kappa shape index (κ3) is 5.03. The van der Waals surface area contributed by atoms with E-state index in [9.17, 15) is 9.59 Å². The Hall–Kier alpha value is -2.02. The lowest BCUT2D eigenvalue weighted by Gasteiger charge is -2.16. The molecule has 0 fully saturated rings. The van der Waals surface area contributed by atoms with Crippen LogP contribution in [0.25, 0.3) is 10.8 Å². The summed E-state index contributed by atoms with van der Waals surface area (Å²) in [5, 5.41) is 7.50. The summed E-state index contributed by atoms with van der Waals surface area (Å²) in [7, 11) is 1.34. The molecule has 0 radical (unpaired) electrons. The third-order valence-corrected chi connectivity index (χ3v) is 6.35. The van der Waals surface area contributed by atoms with Gasteiger partial charge in [0.25, 0.3) is 0 Å². The van der Waals surface area contributed by atoms with E-state index in [1.54, 1.807) is 0 Å². The van der Waals surface area contributed by atoms with Crippen molar-refractivity contribution >= 4 is 57.3 Å². The van der Waals surface area contributed by atoms with E-state index in [1.165, 1.54) is 30.2 Å². The second-order valence-corrected chi connectivity index (χ2v) is 8.20. The first-order chi connectivity index (χ1) is 13.1. The fourth-order valence-corrected chi connectivity index (χ4v) is 4.76. The molecule has 2 aromatic carbocycles. The van der Waals surface area contributed by atoms with E-state index in [2.05, 4.69) is 5.32 Å². The monoisotopic (exact) mass is 419 g/mol. The van der Waals surface area contributed by atoms with Gasteiger partial charge in [-0.15, -0.1) is 23.1 Å². The molecule has 4 nitrogen and oxygen atoms in total. The Morgan fingerprint density at radius 2 is 1.96 bits per heavy atom. The zero-order valence-electron chi connectivity index (χ0n) is 14.6. The van der Waals surface area contributed by atoms with E-state index in [1.807, 2.05) is 53.9 Å². The number of benzene rings is 2. The first-order valence-electron chi connectivity index (χ1n) is 8.28. The van der Waals surface area contributed by atoms with E-state index in [0.717, 1.165) is 20.5 Å². The number of thioether (sulfide) groups is 1. The molecule has 7 heteroatoms. The van der Waals surface area contributed by atoms with E-state index in [0.29, 0.717) is 5.02 Å². The molecule has 0 saturated carbocycles. The van der Waals surface area contributed by atoms with Crippen molar-refractivity contribution in [1.82, 2.24) is 5.32 Å². The summed E-state index contributed by atoms with van der Waals surface area (Å²) in [6, 6.07) is 15.0. The van der Waals surface area contributed by atoms with Gasteiger partial charge >= 0.3 is 5.97 Å². The predicted octanol–water partition coefficient (Wildman–Crippen LogP) is 5.07. The summed E-state index contributed by atoms with van der Waals surface area (Å²) in [6.45, 7) is 0. The molecular formula is C20H18ClNO3S2. The van der Waals surface area contributed by atoms with Gasteiger partial charge in [-0.25, -0.2) is 0 Å². The molecule has 1 N–H and O–H groups in total. The average molecular weight is 420 g/mol. The first kappa shape index (κ1) is 19.7. The molecule has 1 atom stereocenters. The summed E-state index contributed by atoms with van der Waals surface area (Å²) in [5.41, 5.74) is 0. The van der Waals surface area contributed by atoms with E-state index < -0.39 is 0 Å². The van der Waals surface area contributed by atoms with Crippen molar-refractivity contribution in [2.24, 2.45) is 0 Å². The lowest BCUT2D eigenvalue weighted by molar-refractivity contribution is -0.141. The van der Waals surface area contributed by atoms with Crippen LogP contribution in [-0.4, -0.2) is 24.7 Å². The molecule has 3 aromatic rings. The standard InChI is InChI=1S/C20H18ClNO3S2/c1-25-19(24)11-15(16-9-4-10-26-16)22-18(23)12-27-17-8-3-6-13-5-2-7-14(21)20(13)17/h2-10,15H,11-12H2,1H3,(H,22,23). The molecule has 0 aliphatic carbocycles. The number of hydrogen-bond donors (Lipinski definition) is 1. The van der Waals surface area contributed by atoms with Crippen LogP contribution in [0.3, 0.4) is 0 Å². The maximum atomic E-state index is 12.5. The van der Waals surface area contributed by atoms with Crippen molar-refractivity contribution in [3.05, 3.63) is 63.8 Å². The minimum atomic E-state index is -0.387. The zero-order chi connectivity index (χ0) is 19.2. The van der Waals surface area contributed by atoms with Crippen molar-refractivity contribution < 1.29 is 14.3 Å². The van der Waals surface area contributed by atoms with Crippen LogP contribution < -0.4 is 5.32 Å². The van der Waals surface area contributed by atoms with E-state index >= 15 is 0 Å². The maximum Gasteiger partial charge on any atom is 0.307 e. The summed E-state index contributed by atoms with van der Waals surface area (Å²) >= 11 is 9.26. The quantitative estimate of drug-likeness (QED) is 0.429. The SMILES string of the molecule is COC(=O)CC(NC(=O)CSc1cccc2cccc(Cl)c12)c1cccs1. The van der Waals surface area contributed by atoms with Gasteiger partial charge in [0.1, 0.15) is 0 Å². The second-order valence-electron chi connectivity index (χ2n) is 5.80. The number of amides is 1. The third-order valence-electron chi connectivity index (χ3n) is 3.99. The number of carbonyl (C=O) groups excluding carboxylic acids is 2. The molecular weight excluding hydrogens is 402 g/mol. The van der Waals surface area contributed by atoms with Crippen molar-refractivity contribution in [3.8, 4) is 0 Å². The lowest BCUT2D eigenvalue weighted by Crippen LogP contribution is -2.31. The molecule has 1 unspecified atom stereocenters. The number of esters is 1. The van der Waals surface area contributed by atoms with Crippen LogP contribution in [0.4, 0.5) is 0 Å². The number of nitrogens with one attached hydrogen (secondary N) is 1. The Bertz CT molecular complexity index is 938. The highest BCUT2D eigenvalue weighted by Crippen LogP contribution is 2.33. The average Bonchev–Trinajstić information content (AvgIpc) is 3.20. The molecule has 0 aliphatic rings. The Morgan fingerprint density at radius 1 is 1.19 bits per heavy atom. The van der Waals surface area contributed by atoms with Gasteiger partial charge < -0.3 is 10.1 Å². The Labute approximate surface area is 170 Å². The number of methoxy groups -OCH3 is 1. The number of thiophene rings is 1. The van der Waals surface area contributed by atoms with Gasteiger partial charge in [0, 0.05) is 20.2 Å². The summed E-state index contributed by atoms with van der Waals surface area (Å²) < 4.78 is 4.75. The van der Waals surface area contributed by atoms with Crippen molar-refractivity contribution in [1.29, 1.82) is 0 Å². The Morgan fingerprint density at radius 3 is 2.67 bits per heavy atom. The van der Waals surface area contributed by atoms with Crippen LogP contribution in [-0.2, 0) is 14.3 Å². The minimum absolute atomic E-state index is 0.105. The highest BCUT2D eigenvalue weighted by molar-refractivity contribution is 8.00. The van der Waals surface area contributed by atoms with Gasteiger partial charge in [-0.1, -0.05) is 41.9 Å². The fraction of sp³-hybridized carbons (Fsp3) is 0.200. The highest BCUT2D eigenvalue weighted by atomic mass is 35.5. The molecule has 0 spiro atoms. The molecule has 0 aliphatic heterocycles. The smallest absolute Gasteiger partial charge is 0.307 e. The van der Waals surface area contributed by atoms with Crippen LogP contribution in [0.5, 0.6) is 0 Å². The number of ether oxygens (including phenoxy) is 1. The highest BCUT2D eigenvalue weighted by Gasteiger charge is 2.20. The van der Waals surface area contributed by atoms with Crippen LogP contribution >= 0.6 is 34.7 Å². The van der Waals surface area contributed by atoms with Crippen molar-refractivity contribution in [3.63, 3.8) is 0 Å². The number of rotatable bonds is 7. The second kappa shape index (κ2) is 9.26. The lowest BCUT2D eigenvalue weighted by atomic mass is 10.1. The van der Waals surface area contributed by atoms with Gasteiger partial charge in [0.2, 0.25) is 5.91 Å². The number of carbonyl (C=O) groups is 2. The van der Waals surface area contributed by atoms with Crippen molar-refractivity contribution in [2.45, 2.75) is 17.4 Å². The van der Waals surface area contributed by atoms with E-state index in [-0.39, 0.29) is 30.1 Å². The Balaban J connectivity index is 1.69. The predicted molar refractivity (Wildman–Crippen MR) is 112 cm³/mol. The molecule has 27 heavy (non-hydrogen) atoms. The normalized spacial score (nSPS) is 11.9. The zero-order valence-corrected chi connectivity index (χ0v) is 17.0. The van der Waals surface area contributed by atoms with Gasteiger partial charge in [0.05, 0.1) is 25.3 Å². The molecule has 3 rings (SSSR count).